The monoisotopic (exact) mass is 360 g/mol. The third kappa shape index (κ3) is 4.88. The van der Waals surface area contributed by atoms with Crippen LogP contribution in [0.4, 0.5) is 0 Å². The molecule has 0 spiro atoms. The van der Waals surface area contributed by atoms with E-state index in [4.69, 9.17) is 4.42 Å². The average Bonchev–Trinajstić information content (AvgIpc) is 3.12. The van der Waals surface area contributed by atoms with Crippen LogP contribution >= 0.6 is 11.8 Å². The predicted octanol–water partition coefficient (Wildman–Crippen LogP) is 4.65. The van der Waals surface area contributed by atoms with Crippen LogP contribution in [0.3, 0.4) is 0 Å². The Kier molecular flexibility index (Phi) is 5.92. The lowest BCUT2D eigenvalue weighted by atomic mass is 10.2. The Bertz CT molecular complexity index is 941. The summed E-state index contributed by atoms with van der Waals surface area (Å²) in [5.41, 5.74) is 0.976. The summed E-state index contributed by atoms with van der Waals surface area (Å²) in [7, 11) is 0. The maximum absolute atomic E-state index is 12.2. The number of carbonyl (C=O) groups is 1. The Balaban J connectivity index is 1.65. The van der Waals surface area contributed by atoms with Gasteiger partial charge in [-0.1, -0.05) is 60.3 Å². The van der Waals surface area contributed by atoms with Crippen LogP contribution in [0.2, 0.25) is 0 Å². The van der Waals surface area contributed by atoms with Crippen molar-refractivity contribution in [2.75, 3.05) is 0 Å². The molecule has 0 radical (unpaired) electrons. The molecule has 2 aromatic carbocycles. The van der Waals surface area contributed by atoms with Crippen LogP contribution in [-0.2, 0) is 11.3 Å². The molecule has 0 aliphatic rings. The second-order valence-corrected chi connectivity index (χ2v) is 6.49. The summed E-state index contributed by atoms with van der Waals surface area (Å²) >= 11 is 1.48. The van der Waals surface area contributed by atoms with Crippen molar-refractivity contribution in [2.24, 2.45) is 0 Å². The minimum Gasteiger partial charge on any atom is -0.450 e. The highest BCUT2D eigenvalue weighted by Crippen LogP contribution is 2.29. The third-order valence-corrected chi connectivity index (χ3v) is 4.44. The first-order chi connectivity index (χ1) is 12.7. The summed E-state index contributed by atoms with van der Waals surface area (Å²) in [4.78, 5) is 13.3. The maximum atomic E-state index is 12.2. The van der Waals surface area contributed by atoms with Crippen molar-refractivity contribution in [1.29, 1.82) is 5.26 Å². The van der Waals surface area contributed by atoms with Crippen molar-refractivity contribution in [1.82, 2.24) is 5.32 Å². The van der Waals surface area contributed by atoms with Gasteiger partial charge < -0.3 is 9.73 Å². The van der Waals surface area contributed by atoms with Gasteiger partial charge in [-0.3, -0.25) is 4.79 Å². The molecular weight excluding hydrogens is 344 g/mol. The van der Waals surface area contributed by atoms with Gasteiger partial charge in [0.2, 0.25) is 0 Å². The zero-order valence-electron chi connectivity index (χ0n) is 13.9. The fourth-order valence-corrected chi connectivity index (χ4v) is 3.04. The van der Waals surface area contributed by atoms with Gasteiger partial charge in [0, 0.05) is 17.5 Å². The fourth-order valence-electron chi connectivity index (χ4n) is 2.24. The van der Waals surface area contributed by atoms with Crippen LogP contribution in [0.15, 0.2) is 92.8 Å². The summed E-state index contributed by atoms with van der Waals surface area (Å²) in [6.07, 6.45) is 1.45. The lowest BCUT2D eigenvalue weighted by Gasteiger charge is -2.03. The number of benzene rings is 2. The van der Waals surface area contributed by atoms with Crippen molar-refractivity contribution >= 4 is 23.7 Å². The Morgan fingerprint density at radius 3 is 2.42 bits per heavy atom. The summed E-state index contributed by atoms with van der Waals surface area (Å²) in [5, 5.41) is 12.7. The molecule has 0 saturated carbocycles. The smallest absolute Gasteiger partial charge is 0.262 e. The van der Waals surface area contributed by atoms with Gasteiger partial charge in [-0.05, 0) is 29.8 Å². The minimum absolute atomic E-state index is 0.00606. The van der Waals surface area contributed by atoms with E-state index in [2.05, 4.69) is 5.32 Å². The molecule has 0 aliphatic heterocycles. The van der Waals surface area contributed by atoms with Gasteiger partial charge in [0.25, 0.3) is 5.91 Å². The van der Waals surface area contributed by atoms with Crippen LogP contribution < -0.4 is 5.32 Å². The van der Waals surface area contributed by atoms with Crippen LogP contribution in [0, 0.1) is 11.3 Å². The number of rotatable bonds is 6. The molecule has 1 aromatic heterocycles. The zero-order valence-corrected chi connectivity index (χ0v) is 14.7. The predicted molar refractivity (Wildman–Crippen MR) is 101 cm³/mol. The molecule has 1 N–H and O–H groups in total. The summed E-state index contributed by atoms with van der Waals surface area (Å²) < 4.78 is 5.69. The fraction of sp³-hybridized carbons (Fsp3) is 0.0476. The Labute approximate surface area is 156 Å². The Hall–Kier alpha value is -3.23. The summed E-state index contributed by atoms with van der Waals surface area (Å²) in [6.45, 7) is 0.367. The van der Waals surface area contributed by atoms with E-state index in [0.717, 1.165) is 10.5 Å². The van der Waals surface area contributed by atoms with E-state index >= 15 is 0 Å². The van der Waals surface area contributed by atoms with Gasteiger partial charge in [-0.15, -0.1) is 0 Å². The molecule has 0 saturated heterocycles. The molecule has 0 bridgehead atoms. The lowest BCUT2D eigenvalue weighted by Crippen LogP contribution is -2.23. The number of nitrogens with zero attached hydrogens (tertiary/aromatic N) is 1. The highest BCUT2D eigenvalue weighted by molar-refractivity contribution is 7.99. The van der Waals surface area contributed by atoms with E-state index in [1.54, 1.807) is 6.07 Å². The number of nitriles is 1. The van der Waals surface area contributed by atoms with Crippen molar-refractivity contribution in [3.63, 3.8) is 0 Å². The SMILES string of the molecule is N#CC(=Cc1ccc(Sc2ccccc2)o1)C(=O)NCc1ccccc1. The molecule has 26 heavy (non-hydrogen) atoms. The van der Waals surface area contributed by atoms with Gasteiger partial charge in [-0.2, -0.15) is 5.26 Å². The lowest BCUT2D eigenvalue weighted by molar-refractivity contribution is -0.117. The van der Waals surface area contributed by atoms with Crippen molar-refractivity contribution < 1.29 is 9.21 Å². The van der Waals surface area contributed by atoms with E-state index in [1.165, 1.54) is 17.8 Å². The normalized spacial score (nSPS) is 11.0. The van der Waals surface area contributed by atoms with Crippen LogP contribution in [-0.4, -0.2) is 5.91 Å². The molecule has 3 aromatic rings. The first kappa shape index (κ1) is 17.6. The number of hydrogen-bond acceptors (Lipinski definition) is 4. The van der Waals surface area contributed by atoms with Gasteiger partial charge >= 0.3 is 0 Å². The van der Waals surface area contributed by atoms with Crippen LogP contribution in [0.25, 0.3) is 6.08 Å². The van der Waals surface area contributed by atoms with E-state index in [1.807, 2.05) is 72.8 Å². The van der Waals surface area contributed by atoms with Crippen molar-refractivity contribution in [2.45, 2.75) is 16.5 Å². The van der Waals surface area contributed by atoms with Crippen LogP contribution in [0.5, 0.6) is 0 Å². The molecular formula is C21H16N2O2S. The van der Waals surface area contributed by atoms with Gasteiger partial charge in [0.15, 0.2) is 5.09 Å². The van der Waals surface area contributed by atoms with E-state index in [-0.39, 0.29) is 5.57 Å². The van der Waals surface area contributed by atoms with E-state index in [9.17, 15) is 10.1 Å². The first-order valence-corrected chi connectivity index (χ1v) is 8.83. The highest BCUT2D eigenvalue weighted by Gasteiger charge is 2.10. The molecule has 0 atom stereocenters. The highest BCUT2D eigenvalue weighted by atomic mass is 32.2. The quantitative estimate of drug-likeness (QED) is 0.513. The molecule has 0 aliphatic carbocycles. The van der Waals surface area contributed by atoms with Crippen molar-refractivity contribution in [3.05, 3.63) is 89.7 Å². The summed E-state index contributed by atoms with van der Waals surface area (Å²) in [5.74, 6) is 0.0415. The molecule has 1 heterocycles. The third-order valence-electron chi connectivity index (χ3n) is 3.51. The first-order valence-electron chi connectivity index (χ1n) is 8.01. The molecule has 3 rings (SSSR count). The average molecular weight is 360 g/mol. The number of furan rings is 1. The number of carbonyl (C=O) groups excluding carboxylic acids is 1. The standard InChI is InChI=1S/C21H16N2O2S/c22-14-17(21(24)23-15-16-7-3-1-4-8-16)13-18-11-12-20(25-18)26-19-9-5-2-6-10-19/h1-13H,15H2,(H,23,24). The second-order valence-electron chi connectivity index (χ2n) is 5.41. The van der Waals surface area contributed by atoms with Crippen molar-refractivity contribution in [3.8, 4) is 6.07 Å². The molecule has 0 unspecified atom stereocenters. The Morgan fingerprint density at radius 2 is 1.73 bits per heavy atom. The van der Waals surface area contributed by atoms with Gasteiger partial charge in [0.05, 0.1) is 0 Å². The second kappa shape index (κ2) is 8.75. The zero-order chi connectivity index (χ0) is 18.2. The topological polar surface area (TPSA) is 66.0 Å². The molecule has 4 nitrogen and oxygen atoms in total. The van der Waals surface area contributed by atoms with Gasteiger partial charge in [-0.25, -0.2) is 0 Å². The van der Waals surface area contributed by atoms with Gasteiger partial charge in [0.1, 0.15) is 17.4 Å². The number of nitrogens with one attached hydrogen (secondary N) is 1. The number of hydrogen-bond donors (Lipinski definition) is 1. The Morgan fingerprint density at radius 1 is 1.04 bits per heavy atom. The molecule has 128 valence electrons. The molecule has 5 heteroatoms. The largest absolute Gasteiger partial charge is 0.450 e. The number of amides is 1. The van der Waals surface area contributed by atoms with E-state index < -0.39 is 5.91 Å². The minimum atomic E-state index is -0.426. The van der Waals surface area contributed by atoms with E-state index in [0.29, 0.717) is 17.4 Å². The van der Waals surface area contributed by atoms with Crippen LogP contribution in [0.1, 0.15) is 11.3 Å². The summed E-state index contributed by atoms with van der Waals surface area (Å²) in [6, 6.07) is 24.9. The molecule has 1 amide bonds. The maximum Gasteiger partial charge on any atom is 0.262 e. The molecule has 0 fully saturated rings.